The SMILES string of the molecule is COc1ccc2cc(C[NH+](C)CN3C(=O)N[C@]4(CCCC[C@@H]4C)C3=O)ccc2c1. The number of nitrogens with zero attached hydrogens (tertiary/aromatic N) is 1. The van der Waals surface area contributed by atoms with Crippen molar-refractivity contribution >= 4 is 22.7 Å². The number of hydrogen-bond donors (Lipinski definition) is 2. The maximum absolute atomic E-state index is 13.1. The largest absolute Gasteiger partial charge is 0.497 e. The van der Waals surface area contributed by atoms with E-state index in [0.717, 1.165) is 53.6 Å². The Balaban J connectivity index is 1.45. The van der Waals surface area contributed by atoms with Gasteiger partial charge < -0.3 is 15.0 Å². The number of carbonyl (C=O) groups excluding carboxylic acids is 2. The first kappa shape index (κ1) is 19.7. The minimum atomic E-state index is -0.683. The third kappa shape index (κ3) is 3.57. The van der Waals surface area contributed by atoms with Gasteiger partial charge in [-0.25, -0.2) is 9.69 Å². The van der Waals surface area contributed by atoms with Crippen LogP contribution in [0.15, 0.2) is 36.4 Å². The first-order valence-corrected chi connectivity index (χ1v) is 10.4. The van der Waals surface area contributed by atoms with Crippen LogP contribution in [0, 0.1) is 5.92 Å². The summed E-state index contributed by atoms with van der Waals surface area (Å²) in [6.45, 7) is 3.20. The van der Waals surface area contributed by atoms with Gasteiger partial charge in [0.15, 0.2) is 6.67 Å². The molecular weight excluding hydrogens is 366 g/mol. The van der Waals surface area contributed by atoms with Crippen molar-refractivity contribution in [2.75, 3.05) is 20.8 Å². The molecule has 3 atom stereocenters. The van der Waals surface area contributed by atoms with Crippen molar-refractivity contribution in [2.24, 2.45) is 5.92 Å². The summed E-state index contributed by atoms with van der Waals surface area (Å²) in [5.74, 6) is 0.993. The van der Waals surface area contributed by atoms with Crippen molar-refractivity contribution in [3.8, 4) is 5.75 Å². The van der Waals surface area contributed by atoms with Crippen molar-refractivity contribution < 1.29 is 19.2 Å². The zero-order valence-electron chi connectivity index (χ0n) is 17.5. The van der Waals surface area contributed by atoms with E-state index in [1.165, 1.54) is 10.5 Å². The molecule has 29 heavy (non-hydrogen) atoms. The molecule has 1 spiro atoms. The number of methoxy groups -OCH3 is 1. The summed E-state index contributed by atoms with van der Waals surface area (Å²) in [6.07, 6.45) is 3.87. The van der Waals surface area contributed by atoms with Crippen molar-refractivity contribution in [3.05, 3.63) is 42.0 Å². The van der Waals surface area contributed by atoms with E-state index in [1.807, 2.05) is 19.2 Å². The van der Waals surface area contributed by atoms with Crippen LogP contribution in [0.3, 0.4) is 0 Å². The molecule has 6 heteroatoms. The molecule has 2 aromatic carbocycles. The molecule has 4 rings (SSSR count). The van der Waals surface area contributed by atoms with Gasteiger partial charge in [0.05, 0.1) is 14.2 Å². The Hall–Kier alpha value is -2.60. The maximum Gasteiger partial charge on any atom is 0.329 e. The van der Waals surface area contributed by atoms with Crippen LogP contribution < -0.4 is 15.0 Å². The van der Waals surface area contributed by atoms with Gasteiger partial charge in [-0.05, 0) is 47.7 Å². The second-order valence-electron chi connectivity index (χ2n) is 8.62. The van der Waals surface area contributed by atoms with E-state index in [9.17, 15) is 9.59 Å². The molecule has 2 aliphatic rings. The minimum absolute atomic E-state index is 0.0420. The number of urea groups is 1. The number of hydrogen-bond acceptors (Lipinski definition) is 3. The molecule has 2 N–H and O–H groups in total. The highest BCUT2D eigenvalue weighted by Gasteiger charge is 2.55. The van der Waals surface area contributed by atoms with Crippen molar-refractivity contribution in [3.63, 3.8) is 0 Å². The fourth-order valence-electron chi connectivity index (χ4n) is 4.82. The standard InChI is InChI=1S/C23H29N3O3/c1-16-6-4-5-11-23(16)21(27)26(22(28)24-23)15-25(2)14-17-7-8-19-13-20(29-3)10-9-18(19)12-17/h7-10,12-13,16H,4-6,11,14-15H2,1-3H3,(H,24,28)/p+1/t16-,23-/m0/s1. The van der Waals surface area contributed by atoms with Gasteiger partial charge in [-0.1, -0.05) is 38.0 Å². The third-order valence-corrected chi connectivity index (χ3v) is 6.55. The van der Waals surface area contributed by atoms with Crippen LogP contribution >= 0.6 is 0 Å². The topological polar surface area (TPSA) is 63.1 Å². The average Bonchev–Trinajstić information content (AvgIpc) is 2.94. The Bertz CT molecular complexity index is 944. The predicted octanol–water partition coefficient (Wildman–Crippen LogP) is 2.32. The van der Waals surface area contributed by atoms with E-state index in [0.29, 0.717) is 6.67 Å². The van der Waals surface area contributed by atoms with Crippen LogP contribution in [0.25, 0.3) is 10.8 Å². The van der Waals surface area contributed by atoms with Crippen LogP contribution in [0.2, 0.25) is 0 Å². The summed E-state index contributed by atoms with van der Waals surface area (Å²) in [4.78, 5) is 28.3. The molecule has 0 bridgehead atoms. The second kappa shape index (κ2) is 7.67. The Labute approximate surface area is 171 Å². The van der Waals surface area contributed by atoms with Crippen LogP contribution in [-0.2, 0) is 11.3 Å². The number of carbonyl (C=O) groups is 2. The van der Waals surface area contributed by atoms with Crippen LogP contribution in [0.4, 0.5) is 4.79 Å². The Morgan fingerprint density at radius 3 is 2.69 bits per heavy atom. The highest BCUT2D eigenvalue weighted by atomic mass is 16.5. The Morgan fingerprint density at radius 1 is 1.17 bits per heavy atom. The number of imide groups is 1. The number of fused-ring (bicyclic) bond motifs is 1. The number of benzene rings is 2. The molecule has 0 radical (unpaired) electrons. The summed E-state index contributed by atoms with van der Waals surface area (Å²) >= 11 is 0. The molecule has 0 aromatic heterocycles. The zero-order valence-corrected chi connectivity index (χ0v) is 17.5. The summed E-state index contributed by atoms with van der Waals surface area (Å²) in [6, 6.07) is 12.1. The number of quaternary nitrogens is 1. The van der Waals surface area contributed by atoms with Crippen LogP contribution in [0.5, 0.6) is 5.75 Å². The minimum Gasteiger partial charge on any atom is -0.497 e. The fraction of sp³-hybridized carbons (Fsp3) is 0.478. The molecule has 6 nitrogen and oxygen atoms in total. The molecule has 3 amide bonds. The van der Waals surface area contributed by atoms with Gasteiger partial charge in [0.1, 0.15) is 17.8 Å². The normalized spacial score (nSPS) is 25.5. The Morgan fingerprint density at radius 2 is 1.93 bits per heavy atom. The van der Waals surface area contributed by atoms with Crippen LogP contribution in [0.1, 0.15) is 38.2 Å². The van der Waals surface area contributed by atoms with Crippen molar-refractivity contribution in [1.82, 2.24) is 10.2 Å². The predicted molar refractivity (Wildman–Crippen MR) is 112 cm³/mol. The Kier molecular flexibility index (Phi) is 5.21. The van der Waals surface area contributed by atoms with Gasteiger partial charge in [-0.3, -0.25) is 4.79 Å². The first-order chi connectivity index (χ1) is 13.9. The number of amides is 3. The van der Waals surface area contributed by atoms with E-state index >= 15 is 0 Å². The van der Waals surface area contributed by atoms with Gasteiger partial charge in [0.25, 0.3) is 5.91 Å². The lowest BCUT2D eigenvalue weighted by atomic mass is 9.73. The highest BCUT2D eigenvalue weighted by Crippen LogP contribution is 2.37. The molecule has 1 saturated carbocycles. The molecule has 1 saturated heterocycles. The van der Waals surface area contributed by atoms with E-state index in [-0.39, 0.29) is 17.9 Å². The summed E-state index contributed by atoms with van der Waals surface area (Å²) in [5.41, 5.74) is 0.491. The van der Waals surface area contributed by atoms with Gasteiger partial charge in [-0.15, -0.1) is 0 Å². The van der Waals surface area contributed by atoms with Crippen LogP contribution in [-0.4, -0.2) is 43.2 Å². The second-order valence-corrected chi connectivity index (χ2v) is 8.62. The molecule has 2 aromatic rings. The maximum atomic E-state index is 13.1. The lowest BCUT2D eigenvalue weighted by Crippen LogP contribution is -3.09. The lowest BCUT2D eigenvalue weighted by molar-refractivity contribution is -0.901. The van der Waals surface area contributed by atoms with Crippen molar-refractivity contribution in [2.45, 2.75) is 44.7 Å². The summed E-state index contributed by atoms with van der Waals surface area (Å²) in [5, 5.41) is 5.32. The fourth-order valence-corrected chi connectivity index (χ4v) is 4.82. The van der Waals surface area contributed by atoms with E-state index < -0.39 is 5.54 Å². The van der Waals surface area contributed by atoms with Crippen molar-refractivity contribution in [1.29, 1.82) is 0 Å². The first-order valence-electron chi connectivity index (χ1n) is 10.4. The smallest absolute Gasteiger partial charge is 0.329 e. The van der Waals surface area contributed by atoms with Gasteiger partial charge in [0, 0.05) is 5.56 Å². The summed E-state index contributed by atoms with van der Waals surface area (Å²) in [7, 11) is 3.69. The zero-order chi connectivity index (χ0) is 20.6. The molecule has 154 valence electrons. The number of rotatable bonds is 5. The highest BCUT2D eigenvalue weighted by molar-refractivity contribution is 6.07. The molecule has 1 aliphatic carbocycles. The molecule has 1 unspecified atom stereocenters. The quantitative estimate of drug-likeness (QED) is 0.763. The molecule has 2 fully saturated rings. The van der Waals surface area contributed by atoms with Gasteiger partial charge >= 0.3 is 6.03 Å². The summed E-state index contributed by atoms with van der Waals surface area (Å²) < 4.78 is 5.29. The monoisotopic (exact) mass is 396 g/mol. The molecular formula is C23H30N3O3+. The average molecular weight is 397 g/mol. The van der Waals surface area contributed by atoms with Gasteiger partial charge in [-0.2, -0.15) is 0 Å². The lowest BCUT2D eigenvalue weighted by Gasteiger charge is -2.36. The van der Waals surface area contributed by atoms with E-state index in [4.69, 9.17) is 4.74 Å². The van der Waals surface area contributed by atoms with E-state index in [1.54, 1.807) is 7.11 Å². The number of ether oxygens (including phenoxy) is 1. The number of nitrogens with one attached hydrogen (secondary N) is 2. The van der Waals surface area contributed by atoms with E-state index in [2.05, 4.69) is 36.5 Å². The van der Waals surface area contributed by atoms with Gasteiger partial charge in [0.2, 0.25) is 0 Å². The third-order valence-electron chi connectivity index (χ3n) is 6.55. The molecule has 1 aliphatic heterocycles. The molecule has 1 heterocycles.